The largest absolute Gasteiger partial charge is 0.472 e. The van der Waals surface area contributed by atoms with Gasteiger partial charge >= 0.3 is 13.8 Å². The molecule has 348 valence electrons. The summed E-state index contributed by atoms with van der Waals surface area (Å²) in [6.45, 7) is 5.29. The number of ether oxygens (including phenoxy) is 2. The molecule has 0 amide bonds. The Hall–Kier alpha value is -2.84. The molecule has 1 N–H and O–H groups in total. The van der Waals surface area contributed by atoms with Gasteiger partial charge in [0, 0.05) is 13.0 Å². The van der Waals surface area contributed by atoms with E-state index in [1.807, 2.05) is 21.1 Å². The van der Waals surface area contributed by atoms with E-state index in [9.17, 15) is 14.3 Å². The maximum atomic E-state index is 12.7. The summed E-state index contributed by atoms with van der Waals surface area (Å²) in [6, 6.07) is 0. The van der Waals surface area contributed by atoms with Gasteiger partial charge in [-0.2, -0.15) is 0 Å². The van der Waals surface area contributed by atoms with Crippen molar-refractivity contribution in [2.24, 2.45) is 0 Å². The van der Waals surface area contributed by atoms with E-state index in [2.05, 4.69) is 123 Å². The number of hydrogen-bond acceptors (Lipinski definition) is 6. The number of phosphoric ester groups is 1. The van der Waals surface area contributed by atoms with Gasteiger partial charge in [-0.25, -0.2) is 4.57 Å². The van der Waals surface area contributed by atoms with Gasteiger partial charge in [-0.1, -0.05) is 162 Å². The van der Waals surface area contributed by atoms with Crippen molar-refractivity contribution < 1.29 is 37.3 Å². The average Bonchev–Trinajstić information content (AvgIpc) is 3.22. The number of rotatable bonds is 42. The summed E-state index contributed by atoms with van der Waals surface area (Å²) in [5.41, 5.74) is 0. The molecule has 0 rings (SSSR count). The third kappa shape index (κ3) is 48.1. The van der Waals surface area contributed by atoms with Crippen LogP contribution in [0.1, 0.15) is 155 Å². The van der Waals surface area contributed by atoms with Crippen molar-refractivity contribution in [3.63, 3.8) is 0 Å². The summed E-state index contributed by atoms with van der Waals surface area (Å²) in [5, 5.41) is 0. The Morgan fingerprint density at radius 1 is 0.508 bits per heavy atom. The van der Waals surface area contributed by atoms with E-state index in [1.54, 1.807) is 0 Å². The second-order valence-electron chi connectivity index (χ2n) is 16.4. The molecule has 0 spiro atoms. The fraction of sp³-hybridized carbons (Fsp3) is 0.635. The van der Waals surface area contributed by atoms with Crippen molar-refractivity contribution in [3.8, 4) is 0 Å². The Bertz CT molecular complexity index is 1340. The molecule has 0 aliphatic rings. The highest BCUT2D eigenvalue weighted by molar-refractivity contribution is 7.47. The van der Waals surface area contributed by atoms with Crippen molar-refractivity contribution in [2.45, 2.75) is 161 Å². The first kappa shape index (κ1) is 58.2. The molecule has 2 atom stereocenters. The molecule has 0 heterocycles. The van der Waals surface area contributed by atoms with Crippen LogP contribution < -0.4 is 0 Å². The van der Waals surface area contributed by atoms with Crippen molar-refractivity contribution >= 4 is 13.8 Å². The van der Waals surface area contributed by atoms with Crippen LogP contribution in [0.3, 0.4) is 0 Å². The van der Waals surface area contributed by atoms with E-state index in [1.165, 1.54) is 19.3 Å². The Balaban J connectivity index is 4.30. The number of carbonyl (C=O) groups excluding carboxylic acids is 1. The second-order valence-corrected chi connectivity index (χ2v) is 17.8. The predicted molar refractivity (Wildman–Crippen MR) is 261 cm³/mol. The van der Waals surface area contributed by atoms with Crippen LogP contribution in [0, 0.1) is 0 Å². The first-order valence-electron chi connectivity index (χ1n) is 23.6. The molecule has 2 unspecified atom stereocenters. The summed E-state index contributed by atoms with van der Waals surface area (Å²) < 4.78 is 35.0. The highest BCUT2D eigenvalue weighted by Crippen LogP contribution is 2.43. The molecule has 0 saturated carbocycles. The van der Waals surface area contributed by atoms with E-state index >= 15 is 0 Å². The van der Waals surface area contributed by atoms with Crippen LogP contribution in [0.25, 0.3) is 0 Å². The SMILES string of the molecule is CC/C=C\C/C=C\C/C=C\C/C=C\C/C=C\CCCCCCCCOCC(COP(=O)(O)OCC[N+](C)(C)C)OC(=O)CCCCCC/C=C\C/C=C\C/C=C\C/C=C\CC. The topological polar surface area (TPSA) is 91.3 Å². The number of carbonyl (C=O) groups is 1. The van der Waals surface area contributed by atoms with Crippen LogP contribution in [0.5, 0.6) is 0 Å². The van der Waals surface area contributed by atoms with Crippen molar-refractivity contribution in [3.05, 3.63) is 109 Å². The molecule has 0 radical (unpaired) electrons. The number of hydrogen-bond donors (Lipinski definition) is 1. The van der Waals surface area contributed by atoms with Gasteiger partial charge in [0.1, 0.15) is 19.3 Å². The Labute approximate surface area is 374 Å². The van der Waals surface area contributed by atoms with Crippen LogP contribution in [0.15, 0.2) is 109 Å². The number of quaternary nitrogens is 1. The van der Waals surface area contributed by atoms with Gasteiger partial charge in [-0.15, -0.1) is 0 Å². The van der Waals surface area contributed by atoms with Gasteiger partial charge in [0.2, 0.25) is 0 Å². The third-order valence-corrected chi connectivity index (χ3v) is 10.3. The minimum atomic E-state index is -4.30. The lowest BCUT2D eigenvalue weighted by atomic mass is 10.1. The Morgan fingerprint density at radius 3 is 1.34 bits per heavy atom. The normalized spacial score (nSPS) is 14.7. The van der Waals surface area contributed by atoms with Gasteiger partial charge in [0.05, 0.1) is 34.4 Å². The summed E-state index contributed by atoms with van der Waals surface area (Å²) in [4.78, 5) is 22.9. The number of likely N-dealkylation sites (N-methyl/N-ethyl adjacent to an activating group) is 1. The fourth-order valence-corrected chi connectivity index (χ4v) is 6.49. The van der Waals surface area contributed by atoms with E-state index in [-0.39, 0.29) is 25.8 Å². The zero-order valence-corrected chi connectivity index (χ0v) is 40.2. The fourth-order valence-electron chi connectivity index (χ4n) is 5.75. The maximum absolute atomic E-state index is 12.7. The molecular formula is C52H89NO7P+. The number of esters is 1. The minimum absolute atomic E-state index is 0.0733. The number of phosphoric acid groups is 1. The summed E-state index contributed by atoms with van der Waals surface area (Å²) >= 11 is 0. The molecule has 61 heavy (non-hydrogen) atoms. The van der Waals surface area contributed by atoms with Crippen molar-refractivity contribution in [1.82, 2.24) is 0 Å². The van der Waals surface area contributed by atoms with Gasteiger partial charge < -0.3 is 18.9 Å². The van der Waals surface area contributed by atoms with Gasteiger partial charge in [-0.05, 0) is 96.3 Å². The number of unbranched alkanes of at least 4 members (excludes halogenated alkanes) is 10. The summed E-state index contributed by atoms with van der Waals surface area (Å²) in [6.07, 6.45) is 61.3. The van der Waals surface area contributed by atoms with E-state index in [0.29, 0.717) is 24.1 Å². The highest BCUT2D eigenvalue weighted by atomic mass is 31.2. The van der Waals surface area contributed by atoms with Crippen LogP contribution in [-0.2, 0) is 27.9 Å². The summed E-state index contributed by atoms with van der Waals surface area (Å²) in [7, 11) is 1.62. The highest BCUT2D eigenvalue weighted by Gasteiger charge is 2.26. The second kappa shape index (κ2) is 43.8. The third-order valence-electron chi connectivity index (χ3n) is 9.33. The quantitative estimate of drug-likeness (QED) is 0.0215. The zero-order chi connectivity index (χ0) is 44.8. The van der Waals surface area contributed by atoms with Gasteiger partial charge in [0.25, 0.3) is 0 Å². The molecular weight excluding hydrogens is 782 g/mol. The summed E-state index contributed by atoms with van der Waals surface area (Å²) in [5.74, 6) is -0.348. The number of nitrogens with zero attached hydrogens (tertiary/aromatic N) is 1. The molecule has 0 bridgehead atoms. The lowest BCUT2D eigenvalue weighted by molar-refractivity contribution is -0.870. The standard InChI is InChI=1S/C52H88NO7P/c1-6-8-10-12-14-16-18-20-22-24-25-26-27-28-30-32-34-36-38-40-42-44-47-57-49-51(50-59-61(55,56)58-48-46-53(3,4)5)60-52(54)45-43-41-39-37-35-33-31-29-23-21-19-17-15-13-11-9-7-2/h8-11,14-17,20-23,25-26,28,30-31,33,51H,6-7,12-13,18-19,24,27,29,32,34-50H2,1-5H3/p+1/b10-8-,11-9-,16-14-,17-15-,22-20-,23-21-,26-25-,30-28-,33-31-. The molecule has 0 aliphatic heterocycles. The van der Waals surface area contributed by atoms with Crippen molar-refractivity contribution in [1.29, 1.82) is 0 Å². The Morgan fingerprint density at radius 2 is 0.902 bits per heavy atom. The van der Waals surface area contributed by atoms with Gasteiger partial charge in [0.15, 0.2) is 0 Å². The van der Waals surface area contributed by atoms with Crippen LogP contribution in [0.2, 0.25) is 0 Å². The minimum Gasteiger partial charge on any atom is -0.457 e. The maximum Gasteiger partial charge on any atom is 0.472 e. The Kier molecular flexibility index (Phi) is 41.8. The predicted octanol–water partition coefficient (Wildman–Crippen LogP) is 14.4. The lowest BCUT2D eigenvalue weighted by Gasteiger charge is -2.24. The molecule has 0 aromatic rings. The van der Waals surface area contributed by atoms with E-state index in [4.69, 9.17) is 18.5 Å². The first-order chi connectivity index (χ1) is 29.6. The van der Waals surface area contributed by atoms with Gasteiger partial charge in [-0.3, -0.25) is 13.8 Å². The molecule has 9 heteroatoms. The van der Waals surface area contributed by atoms with Crippen LogP contribution in [0.4, 0.5) is 0 Å². The molecule has 0 fully saturated rings. The molecule has 0 aromatic heterocycles. The molecule has 0 aromatic carbocycles. The van der Waals surface area contributed by atoms with E-state index < -0.39 is 13.9 Å². The zero-order valence-electron chi connectivity index (χ0n) is 39.4. The van der Waals surface area contributed by atoms with Crippen LogP contribution >= 0.6 is 7.82 Å². The monoisotopic (exact) mass is 871 g/mol. The molecule has 0 saturated heterocycles. The lowest BCUT2D eigenvalue weighted by Crippen LogP contribution is -2.37. The first-order valence-corrected chi connectivity index (χ1v) is 25.1. The van der Waals surface area contributed by atoms with Crippen LogP contribution in [-0.4, -0.2) is 75.6 Å². The number of allylic oxidation sites excluding steroid dienone is 18. The molecule has 0 aliphatic carbocycles. The molecule has 8 nitrogen and oxygen atoms in total. The van der Waals surface area contributed by atoms with E-state index in [0.717, 1.165) is 116 Å². The van der Waals surface area contributed by atoms with Crippen molar-refractivity contribution in [2.75, 3.05) is 54.1 Å². The smallest absolute Gasteiger partial charge is 0.457 e. The average molecular weight is 871 g/mol.